The van der Waals surface area contributed by atoms with Crippen molar-refractivity contribution in [3.05, 3.63) is 58.6 Å². The van der Waals surface area contributed by atoms with Crippen LogP contribution in [0.4, 0.5) is 0 Å². The number of rotatable bonds is 8. The van der Waals surface area contributed by atoms with Crippen LogP contribution in [0.2, 0.25) is 5.02 Å². The number of nitrogens with two attached hydrogens (primary N) is 1. The summed E-state index contributed by atoms with van der Waals surface area (Å²) in [5, 5.41) is 3.60. The van der Waals surface area contributed by atoms with Crippen molar-refractivity contribution >= 4 is 23.4 Å². The maximum Gasteiger partial charge on any atom is 0.255 e. The zero-order valence-corrected chi connectivity index (χ0v) is 15.4. The molecule has 7 heteroatoms. The first-order chi connectivity index (χ1) is 12.4. The molecule has 138 valence electrons. The highest BCUT2D eigenvalue weighted by molar-refractivity contribution is 6.30. The molecule has 0 saturated heterocycles. The summed E-state index contributed by atoms with van der Waals surface area (Å²) in [6.07, 6.45) is 0.711. The molecule has 0 aliphatic rings. The van der Waals surface area contributed by atoms with Crippen molar-refractivity contribution in [3.8, 4) is 11.5 Å². The van der Waals surface area contributed by atoms with Gasteiger partial charge in [0.15, 0.2) is 18.1 Å². The van der Waals surface area contributed by atoms with Crippen molar-refractivity contribution in [3.63, 3.8) is 0 Å². The molecule has 1 atom stereocenters. The fourth-order valence-corrected chi connectivity index (χ4v) is 2.66. The van der Waals surface area contributed by atoms with Gasteiger partial charge in [0.25, 0.3) is 11.8 Å². The van der Waals surface area contributed by atoms with Crippen LogP contribution >= 0.6 is 11.6 Å². The van der Waals surface area contributed by atoms with Crippen LogP contribution in [0, 0.1) is 0 Å². The molecule has 2 aromatic carbocycles. The number of methoxy groups -OCH3 is 1. The SMILES string of the molecule is CCC(NC(=O)c1ccc(OCC(N)=O)c(OC)c1)c1cccc(Cl)c1. The van der Waals surface area contributed by atoms with Crippen LogP contribution in [-0.4, -0.2) is 25.5 Å². The van der Waals surface area contributed by atoms with Crippen molar-refractivity contribution < 1.29 is 19.1 Å². The summed E-state index contributed by atoms with van der Waals surface area (Å²) in [7, 11) is 1.45. The monoisotopic (exact) mass is 376 g/mol. The lowest BCUT2D eigenvalue weighted by Crippen LogP contribution is -2.28. The Labute approximate surface area is 157 Å². The molecule has 0 aliphatic heterocycles. The third-order valence-electron chi connectivity index (χ3n) is 3.76. The molecule has 0 bridgehead atoms. The highest BCUT2D eigenvalue weighted by Crippen LogP contribution is 2.28. The number of hydrogen-bond acceptors (Lipinski definition) is 4. The van der Waals surface area contributed by atoms with E-state index in [0.717, 1.165) is 5.56 Å². The van der Waals surface area contributed by atoms with E-state index in [0.29, 0.717) is 28.5 Å². The lowest BCUT2D eigenvalue weighted by atomic mass is 10.0. The van der Waals surface area contributed by atoms with Crippen molar-refractivity contribution in [1.29, 1.82) is 0 Å². The summed E-state index contributed by atoms with van der Waals surface area (Å²) < 4.78 is 10.5. The molecule has 0 heterocycles. The van der Waals surface area contributed by atoms with Gasteiger partial charge >= 0.3 is 0 Å². The van der Waals surface area contributed by atoms with E-state index in [-0.39, 0.29) is 18.6 Å². The minimum absolute atomic E-state index is 0.169. The van der Waals surface area contributed by atoms with Crippen LogP contribution in [-0.2, 0) is 4.79 Å². The first-order valence-corrected chi connectivity index (χ1v) is 8.47. The largest absolute Gasteiger partial charge is 0.493 e. The minimum Gasteiger partial charge on any atom is -0.493 e. The molecule has 3 N–H and O–H groups in total. The average Bonchev–Trinajstić information content (AvgIpc) is 2.63. The summed E-state index contributed by atoms with van der Waals surface area (Å²) >= 11 is 6.03. The first-order valence-electron chi connectivity index (χ1n) is 8.10. The second-order valence-corrected chi connectivity index (χ2v) is 6.05. The minimum atomic E-state index is -0.596. The van der Waals surface area contributed by atoms with Crippen molar-refractivity contribution in [1.82, 2.24) is 5.32 Å². The van der Waals surface area contributed by atoms with Crippen LogP contribution in [0.1, 0.15) is 35.3 Å². The van der Waals surface area contributed by atoms with E-state index in [4.69, 9.17) is 26.8 Å². The quantitative estimate of drug-likeness (QED) is 0.740. The van der Waals surface area contributed by atoms with E-state index in [1.54, 1.807) is 24.3 Å². The number of benzene rings is 2. The van der Waals surface area contributed by atoms with E-state index >= 15 is 0 Å². The molecule has 0 saturated carbocycles. The van der Waals surface area contributed by atoms with Gasteiger partial charge in [-0.1, -0.05) is 30.7 Å². The van der Waals surface area contributed by atoms with Crippen LogP contribution < -0.4 is 20.5 Å². The molecule has 1 unspecified atom stereocenters. The smallest absolute Gasteiger partial charge is 0.255 e. The van der Waals surface area contributed by atoms with Crippen LogP contribution in [0.3, 0.4) is 0 Å². The third-order valence-corrected chi connectivity index (χ3v) is 4.00. The fourth-order valence-electron chi connectivity index (χ4n) is 2.46. The molecule has 2 amide bonds. The molecule has 0 aliphatic carbocycles. The summed E-state index contributed by atoms with van der Waals surface area (Å²) in [4.78, 5) is 23.4. The highest BCUT2D eigenvalue weighted by Gasteiger charge is 2.16. The Bertz CT molecular complexity index is 795. The normalized spacial score (nSPS) is 11.5. The Kier molecular flexibility index (Phi) is 6.86. The van der Waals surface area contributed by atoms with Gasteiger partial charge in [-0.05, 0) is 42.3 Å². The predicted molar refractivity (Wildman–Crippen MR) is 99.6 cm³/mol. The Morgan fingerprint density at radius 1 is 1.19 bits per heavy atom. The van der Waals surface area contributed by atoms with Gasteiger partial charge in [-0.25, -0.2) is 0 Å². The van der Waals surface area contributed by atoms with Gasteiger partial charge in [0.05, 0.1) is 13.2 Å². The number of ether oxygens (including phenoxy) is 2. The number of primary amides is 1. The Morgan fingerprint density at radius 3 is 2.58 bits per heavy atom. The molecule has 0 fully saturated rings. The van der Waals surface area contributed by atoms with Gasteiger partial charge in [0, 0.05) is 10.6 Å². The van der Waals surface area contributed by atoms with Gasteiger partial charge < -0.3 is 20.5 Å². The molecule has 6 nitrogen and oxygen atoms in total. The van der Waals surface area contributed by atoms with E-state index in [1.807, 2.05) is 25.1 Å². The maximum atomic E-state index is 12.6. The summed E-state index contributed by atoms with van der Waals surface area (Å²) in [6.45, 7) is 1.71. The number of nitrogens with one attached hydrogen (secondary N) is 1. The molecular formula is C19H21ClN2O4. The first kappa shape index (κ1) is 19.6. The molecule has 2 aromatic rings. The number of amides is 2. The number of carbonyl (C=O) groups is 2. The fraction of sp³-hybridized carbons (Fsp3) is 0.263. The van der Waals surface area contributed by atoms with Crippen molar-refractivity contribution in [2.24, 2.45) is 5.73 Å². The molecule has 0 spiro atoms. The molecule has 26 heavy (non-hydrogen) atoms. The van der Waals surface area contributed by atoms with Crippen molar-refractivity contribution in [2.75, 3.05) is 13.7 Å². The number of hydrogen-bond donors (Lipinski definition) is 2. The number of halogens is 1. The topological polar surface area (TPSA) is 90.6 Å². The van der Waals surface area contributed by atoms with E-state index in [9.17, 15) is 9.59 Å². The highest BCUT2D eigenvalue weighted by atomic mass is 35.5. The van der Waals surface area contributed by atoms with Gasteiger partial charge in [0.1, 0.15) is 0 Å². The average molecular weight is 377 g/mol. The van der Waals surface area contributed by atoms with Gasteiger partial charge in [-0.2, -0.15) is 0 Å². The van der Waals surface area contributed by atoms with E-state index in [2.05, 4.69) is 5.32 Å². The molecular weight excluding hydrogens is 356 g/mol. The second-order valence-electron chi connectivity index (χ2n) is 5.61. The molecule has 0 radical (unpaired) electrons. The lowest BCUT2D eigenvalue weighted by Gasteiger charge is -2.18. The van der Waals surface area contributed by atoms with Gasteiger partial charge in [0.2, 0.25) is 0 Å². The van der Waals surface area contributed by atoms with Crippen LogP contribution in [0.25, 0.3) is 0 Å². The Hall–Kier alpha value is -2.73. The molecule has 2 rings (SSSR count). The van der Waals surface area contributed by atoms with Crippen LogP contribution in [0.5, 0.6) is 11.5 Å². The summed E-state index contributed by atoms with van der Waals surface area (Å²) in [5.41, 5.74) is 6.41. The predicted octanol–water partition coefficient (Wildman–Crippen LogP) is 3.09. The van der Waals surface area contributed by atoms with Crippen LogP contribution in [0.15, 0.2) is 42.5 Å². The Morgan fingerprint density at radius 2 is 1.96 bits per heavy atom. The summed E-state index contributed by atoms with van der Waals surface area (Å²) in [6, 6.07) is 11.9. The maximum absolute atomic E-state index is 12.6. The van der Waals surface area contributed by atoms with Crippen molar-refractivity contribution in [2.45, 2.75) is 19.4 Å². The lowest BCUT2D eigenvalue weighted by molar-refractivity contribution is -0.119. The van der Waals surface area contributed by atoms with E-state index in [1.165, 1.54) is 7.11 Å². The van der Waals surface area contributed by atoms with Gasteiger partial charge in [-0.15, -0.1) is 0 Å². The zero-order valence-electron chi connectivity index (χ0n) is 14.6. The van der Waals surface area contributed by atoms with E-state index < -0.39 is 5.91 Å². The summed E-state index contributed by atoms with van der Waals surface area (Å²) in [5.74, 6) is -0.169. The third kappa shape index (κ3) is 5.13. The molecule has 0 aromatic heterocycles. The second kappa shape index (κ2) is 9.10. The standard InChI is InChI=1S/C19H21ClN2O4/c1-3-15(12-5-4-6-14(20)9-12)22-19(24)13-7-8-16(17(10-13)25-2)26-11-18(21)23/h4-10,15H,3,11H2,1-2H3,(H2,21,23)(H,22,24). The van der Waals surface area contributed by atoms with Gasteiger partial charge in [-0.3, -0.25) is 9.59 Å². The number of carbonyl (C=O) groups excluding carboxylic acids is 2. The zero-order chi connectivity index (χ0) is 19.1. The Balaban J connectivity index is 2.16.